The van der Waals surface area contributed by atoms with Gasteiger partial charge in [0.05, 0.1) is 11.7 Å². The minimum atomic E-state index is -0.159. The summed E-state index contributed by atoms with van der Waals surface area (Å²) in [5.41, 5.74) is 2.04. The lowest BCUT2D eigenvalue weighted by Gasteiger charge is -2.37. The van der Waals surface area contributed by atoms with Crippen LogP contribution in [0.4, 0.5) is 0 Å². The minimum Gasteiger partial charge on any atom is -0.348 e. The molecule has 27 heavy (non-hydrogen) atoms. The Morgan fingerprint density at radius 2 is 1.96 bits per heavy atom. The van der Waals surface area contributed by atoms with Crippen LogP contribution in [0, 0.1) is 5.92 Å². The third-order valence-corrected chi connectivity index (χ3v) is 5.12. The summed E-state index contributed by atoms with van der Waals surface area (Å²) in [4.78, 5) is 30.8. The molecule has 0 saturated carbocycles. The van der Waals surface area contributed by atoms with Gasteiger partial charge in [0, 0.05) is 38.5 Å². The van der Waals surface area contributed by atoms with Crippen LogP contribution in [0.25, 0.3) is 0 Å². The fourth-order valence-electron chi connectivity index (χ4n) is 3.77. The molecule has 2 amide bonds. The number of rotatable bonds is 6. The van der Waals surface area contributed by atoms with Gasteiger partial charge in [-0.1, -0.05) is 36.4 Å². The average molecular weight is 365 g/mol. The second-order valence-corrected chi connectivity index (χ2v) is 7.16. The zero-order chi connectivity index (χ0) is 19.1. The van der Waals surface area contributed by atoms with Crippen molar-refractivity contribution in [2.75, 3.05) is 13.1 Å². The summed E-state index contributed by atoms with van der Waals surface area (Å²) in [6.07, 6.45) is 4.95. The molecule has 0 bridgehead atoms. The maximum Gasteiger partial charge on any atom is 0.222 e. The van der Waals surface area contributed by atoms with Gasteiger partial charge in [-0.25, -0.2) is 0 Å². The maximum absolute atomic E-state index is 12.7. The minimum absolute atomic E-state index is 0.0711. The lowest BCUT2D eigenvalue weighted by Crippen LogP contribution is -2.45. The van der Waals surface area contributed by atoms with Gasteiger partial charge in [-0.15, -0.1) is 0 Å². The van der Waals surface area contributed by atoms with E-state index in [0.29, 0.717) is 13.0 Å². The fourth-order valence-corrected chi connectivity index (χ4v) is 3.77. The van der Waals surface area contributed by atoms with E-state index >= 15 is 0 Å². The van der Waals surface area contributed by atoms with Crippen LogP contribution in [0.15, 0.2) is 54.7 Å². The highest BCUT2D eigenvalue weighted by molar-refractivity contribution is 5.76. The highest BCUT2D eigenvalue weighted by atomic mass is 16.2. The number of aromatic nitrogens is 1. The van der Waals surface area contributed by atoms with E-state index in [1.165, 1.54) is 12.5 Å². The highest BCUT2D eigenvalue weighted by Crippen LogP contribution is 2.29. The van der Waals surface area contributed by atoms with Crippen LogP contribution in [0.5, 0.6) is 0 Å². The van der Waals surface area contributed by atoms with Crippen molar-refractivity contribution in [3.63, 3.8) is 0 Å². The predicted molar refractivity (Wildman–Crippen MR) is 105 cm³/mol. The monoisotopic (exact) mass is 365 g/mol. The lowest BCUT2D eigenvalue weighted by molar-refractivity contribution is -0.133. The quantitative estimate of drug-likeness (QED) is 0.855. The molecule has 3 rings (SSSR count). The van der Waals surface area contributed by atoms with Crippen molar-refractivity contribution in [3.8, 4) is 0 Å². The Labute approximate surface area is 160 Å². The SMILES string of the molecule is CC(=O)N[C@@H](c1ccccn1)[C@@H]1CCCN(C(=O)CCc2ccccc2)C1. The number of pyridine rings is 1. The van der Waals surface area contributed by atoms with Crippen LogP contribution in [0.2, 0.25) is 0 Å². The Morgan fingerprint density at radius 1 is 1.19 bits per heavy atom. The molecule has 0 aliphatic carbocycles. The van der Waals surface area contributed by atoms with Gasteiger partial charge in [0.1, 0.15) is 0 Å². The molecule has 0 spiro atoms. The summed E-state index contributed by atoms with van der Waals surface area (Å²) in [5, 5.41) is 3.04. The number of hydrogen-bond acceptors (Lipinski definition) is 3. The van der Waals surface area contributed by atoms with E-state index in [4.69, 9.17) is 0 Å². The predicted octanol–water partition coefficient (Wildman–Crippen LogP) is 3.13. The van der Waals surface area contributed by atoms with Crippen LogP contribution < -0.4 is 5.32 Å². The molecular formula is C22H27N3O2. The molecular weight excluding hydrogens is 338 g/mol. The van der Waals surface area contributed by atoms with Crippen molar-refractivity contribution in [2.45, 2.75) is 38.6 Å². The Balaban J connectivity index is 1.64. The van der Waals surface area contributed by atoms with Gasteiger partial charge >= 0.3 is 0 Å². The Kier molecular flexibility index (Phi) is 6.58. The number of carbonyl (C=O) groups is 2. The lowest BCUT2D eigenvalue weighted by atomic mass is 9.88. The van der Waals surface area contributed by atoms with Gasteiger partial charge in [-0.2, -0.15) is 0 Å². The van der Waals surface area contributed by atoms with Crippen LogP contribution in [-0.4, -0.2) is 34.8 Å². The Hall–Kier alpha value is -2.69. The summed E-state index contributed by atoms with van der Waals surface area (Å²) >= 11 is 0. The van der Waals surface area contributed by atoms with E-state index in [0.717, 1.165) is 31.5 Å². The van der Waals surface area contributed by atoms with Crippen LogP contribution >= 0.6 is 0 Å². The molecule has 1 N–H and O–H groups in total. The van der Waals surface area contributed by atoms with Gasteiger partial charge in [0.2, 0.25) is 11.8 Å². The number of likely N-dealkylation sites (tertiary alicyclic amines) is 1. The molecule has 1 saturated heterocycles. The summed E-state index contributed by atoms with van der Waals surface area (Å²) in [7, 11) is 0. The molecule has 1 aliphatic heterocycles. The van der Waals surface area contributed by atoms with Gasteiger partial charge in [-0.3, -0.25) is 14.6 Å². The van der Waals surface area contributed by atoms with Gasteiger partial charge < -0.3 is 10.2 Å². The number of nitrogens with one attached hydrogen (secondary N) is 1. The van der Waals surface area contributed by atoms with Crippen molar-refractivity contribution in [2.24, 2.45) is 5.92 Å². The maximum atomic E-state index is 12.7. The Bertz CT molecular complexity index is 749. The summed E-state index contributed by atoms with van der Waals surface area (Å²) < 4.78 is 0. The van der Waals surface area contributed by atoms with Crippen LogP contribution in [0.1, 0.15) is 43.5 Å². The number of piperidine rings is 1. The molecule has 5 heteroatoms. The summed E-state index contributed by atoms with van der Waals surface area (Å²) in [6, 6.07) is 15.7. The molecule has 1 fully saturated rings. The fraction of sp³-hybridized carbons (Fsp3) is 0.409. The number of hydrogen-bond donors (Lipinski definition) is 1. The largest absolute Gasteiger partial charge is 0.348 e. The first-order chi connectivity index (χ1) is 13.1. The average Bonchev–Trinajstić information content (AvgIpc) is 2.71. The third-order valence-electron chi connectivity index (χ3n) is 5.12. The number of aryl methyl sites for hydroxylation is 1. The first-order valence-electron chi connectivity index (χ1n) is 9.63. The topological polar surface area (TPSA) is 62.3 Å². The van der Waals surface area contributed by atoms with Crippen molar-refractivity contribution < 1.29 is 9.59 Å². The number of amides is 2. The highest BCUT2D eigenvalue weighted by Gasteiger charge is 2.31. The van der Waals surface area contributed by atoms with E-state index in [2.05, 4.69) is 22.4 Å². The van der Waals surface area contributed by atoms with Crippen molar-refractivity contribution in [1.82, 2.24) is 15.2 Å². The van der Waals surface area contributed by atoms with E-state index in [1.807, 2.05) is 41.3 Å². The number of nitrogens with zero attached hydrogens (tertiary/aromatic N) is 2. The second kappa shape index (κ2) is 9.31. The third kappa shape index (κ3) is 5.39. The standard InChI is InChI=1S/C22H27N3O2/c1-17(26)24-22(20-11-5-6-14-23-20)19-10-7-15-25(16-19)21(27)13-12-18-8-3-2-4-9-18/h2-6,8-9,11,14,19,22H,7,10,12-13,15-16H2,1H3,(H,24,26)/t19-,22-/m1/s1. The number of carbonyl (C=O) groups excluding carboxylic acids is 2. The summed E-state index contributed by atoms with van der Waals surface area (Å²) in [5.74, 6) is 0.294. The number of benzene rings is 1. The van der Waals surface area contributed by atoms with Gasteiger partial charge in [0.25, 0.3) is 0 Å². The Morgan fingerprint density at radius 3 is 2.67 bits per heavy atom. The van der Waals surface area contributed by atoms with Crippen molar-refractivity contribution in [1.29, 1.82) is 0 Å². The molecule has 0 radical (unpaired) electrons. The first kappa shape index (κ1) is 19.1. The molecule has 2 atom stereocenters. The van der Waals surface area contributed by atoms with Crippen LogP contribution in [-0.2, 0) is 16.0 Å². The normalized spacial score (nSPS) is 18.0. The van der Waals surface area contributed by atoms with Gasteiger partial charge in [-0.05, 0) is 37.0 Å². The molecule has 1 aliphatic rings. The van der Waals surface area contributed by atoms with Gasteiger partial charge in [0.15, 0.2) is 0 Å². The van der Waals surface area contributed by atoms with E-state index in [9.17, 15) is 9.59 Å². The molecule has 1 aromatic carbocycles. The zero-order valence-electron chi connectivity index (χ0n) is 15.8. The van der Waals surface area contributed by atoms with E-state index in [-0.39, 0.29) is 23.8 Å². The molecule has 2 heterocycles. The van der Waals surface area contributed by atoms with E-state index < -0.39 is 0 Å². The smallest absolute Gasteiger partial charge is 0.222 e. The zero-order valence-corrected chi connectivity index (χ0v) is 15.8. The molecule has 2 aromatic rings. The van der Waals surface area contributed by atoms with Crippen molar-refractivity contribution >= 4 is 11.8 Å². The first-order valence-corrected chi connectivity index (χ1v) is 9.63. The van der Waals surface area contributed by atoms with Crippen LogP contribution in [0.3, 0.4) is 0 Å². The molecule has 1 aromatic heterocycles. The second-order valence-electron chi connectivity index (χ2n) is 7.16. The molecule has 142 valence electrons. The summed E-state index contributed by atoms with van der Waals surface area (Å²) in [6.45, 7) is 2.98. The molecule has 5 nitrogen and oxygen atoms in total. The molecule has 0 unspecified atom stereocenters. The van der Waals surface area contributed by atoms with E-state index in [1.54, 1.807) is 6.20 Å². The van der Waals surface area contributed by atoms with Crippen molar-refractivity contribution in [3.05, 3.63) is 66.0 Å².